The first-order valence-corrected chi connectivity index (χ1v) is 14.4. The van der Waals surface area contributed by atoms with Gasteiger partial charge in [-0.1, -0.05) is 51.4 Å². The van der Waals surface area contributed by atoms with Crippen molar-refractivity contribution in [3.05, 3.63) is 21.5 Å². The molecule has 10 nitrogen and oxygen atoms in total. The van der Waals surface area contributed by atoms with E-state index in [0.717, 1.165) is 61.4 Å². The molecule has 0 radical (unpaired) electrons. The molecule has 1 saturated heterocycles. The van der Waals surface area contributed by atoms with Gasteiger partial charge in [0.15, 0.2) is 0 Å². The van der Waals surface area contributed by atoms with Gasteiger partial charge in [0, 0.05) is 12.1 Å². The number of carbonyl (C=O) groups excluding carboxylic acids is 2. The molecule has 6 rings (SSSR count). The molecule has 3 aliphatic carbocycles. The zero-order valence-electron chi connectivity index (χ0n) is 20.3. The second kappa shape index (κ2) is 10.1. The fourth-order valence-electron chi connectivity index (χ4n) is 6.45. The lowest BCUT2D eigenvalue weighted by Gasteiger charge is -2.40. The van der Waals surface area contributed by atoms with Gasteiger partial charge in [-0.3, -0.25) is 30.5 Å². The summed E-state index contributed by atoms with van der Waals surface area (Å²) in [7, 11) is 0. The number of thioether (sulfide) groups is 1. The third-order valence-electron chi connectivity index (χ3n) is 8.35. The van der Waals surface area contributed by atoms with Crippen molar-refractivity contribution >= 4 is 23.6 Å². The third-order valence-corrected chi connectivity index (χ3v) is 9.54. The van der Waals surface area contributed by atoms with Crippen molar-refractivity contribution in [3.63, 3.8) is 0 Å². The Morgan fingerprint density at radius 1 is 0.629 bits per heavy atom. The minimum absolute atomic E-state index is 0.0667. The molecule has 4 fully saturated rings. The Kier molecular flexibility index (Phi) is 6.72. The summed E-state index contributed by atoms with van der Waals surface area (Å²) in [5, 5.41) is 12.5. The fourth-order valence-corrected chi connectivity index (χ4v) is 7.68. The van der Waals surface area contributed by atoms with Crippen molar-refractivity contribution in [1.82, 2.24) is 42.6 Å². The summed E-state index contributed by atoms with van der Waals surface area (Å²) < 4.78 is 0. The molecule has 0 aromatic rings. The molecule has 0 aromatic carbocycles. The van der Waals surface area contributed by atoms with Crippen LogP contribution in [0.2, 0.25) is 0 Å². The van der Waals surface area contributed by atoms with E-state index in [1.165, 1.54) is 50.3 Å². The maximum atomic E-state index is 13.4. The number of rotatable bonds is 4. The van der Waals surface area contributed by atoms with E-state index < -0.39 is 0 Å². The number of nitrogens with one attached hydrogen (secondary N) is 6. The zero-order valence-corrected chi connectivity index (χ0v) is 21.1. The van der Waals surface area contributed by atoms with Crippen molar-refractivity contribution in [1.29, 1.82) is 0 Å². The summed E-state index contributed by atoms with van der Waals surface area (Å²) in [5.74, 6) is -0.133. The summed E-state index contributed by atoms with van der Waals surface area (Å²) in [6.07, 6.45) is 15.7. The van der Waals surface area contributed by atoms with Gasteiger partial charge >= 0.3 is 0 Å². The van der Waals surface area contributed by atoms with Gasteiger partial charge in [-0.25, -0.2) is 0 Å². The van der Waals surface area contributed by atoms with Crippen LogP contribution in [0.4, 0.5) is 0 Å². The molecule has 35 heavy (non-hydrogen) atoms. The monoisotopic (exact) mass is 502 g/mol. The van der Waals surface area contributed by atoms with Crippen molar-refractivity contribution < 1.29 is 9.59 Å². The van der Waals surface area contributed by atoms with E-state index in [4.69, 9.17) is 0 Å². The van der Waals surface area contributed by atoms with Crippen molar-refractivity contribution in [2.75, 3.05) is 0 Å². The van der Waals surface area contributed by atoms with Gasteiger partial charge in [0.1, 0.15) is 21.5 Å². The van der Waals surface area contributed by atoms with E-state index in [0.29, 0.717) is 11.4 Å². The minimum Gasteiger partial charge on any atom is -0.348 e. The van der Waals surface area contributed by atoms with E-state index in [1.54, 1.807) is 0 Å². The largest absolute Gasteiger partial charge is 0.348 e. The molecule has 2 atom stereocenters. The molecule has 3 heterocycles. The highest BCUT2D eigenvalue weighted by atomic mass is 32.2. The SMILES string of the molecule is O=C(NC1CCCCC1)C1=C2SC3=C(C(=O)NC4CCCCC4)NNN3C3CCCCC3N2NN1. The second-order valence-electron chi connectivity index (χ2n) is 10.7. The Bertz CT molecular complexity index is 839. The molecular weight excluding hydrogens is 464 g/mol. The number of amides is 2. The average molecular weight is 503 g/mol. The van der Waals surface area contributed by atoms with E-state index in [2.05, 4.69) is 42.6 Å². The molecule has 6 aliphatic rings. The molecule has 0 spiro atoms. The van der Waals surface area contributed by atoms with E-state index in [1.807, 2.05) is 0 Å². The van der Waals surface area contributed by atoms with Crippen LogP contribution in [0.5, 0.6) is 0 Å². The van der Waals surface area contributed by atoms with Gasteiger partial charge in [-0.2, -0.15) is 0 Å². The Labute approximate surface area is 211 Å². The van der Waals surface area contributed by atoms with Gasteiger partial charge in [0.05, 0.1) is 12.1 Å². The first kappa shape index (κ1) is 23.3. The predicted octanol–water partition coefficient (Wildman–Crippen LogP) is 1.93. The number of carbonyl (C=O) groups is 2. The summed E-state index contributed by atoms with van der Waals surface area (Å²) >= 11 is 1.50. The minimum atomic E-state index is -0.0667. The number of hydrogen-bond donors (Lipinski definition) is 6. The van der Waals surface area contributed by atoms with Gasteiger partial charge in [-0.15, -0.1) is 11.1 Å². The Morgan fingerprint density at radius 3 is 1.46 bits per heavy atom. The van der Waals surface area contributed by atoms with E-state index in [9.17, 15) is 9.59 Å². The fraction of sp³-hybridized carbons (Fsp3) is 0.750. The molecular formula is C24H38N8O2S. The zero-order chi connectivity index (χ0) is 23.8. The molecule has 192 valence electrons. The van der Waals surface area contributed by atoms with Crippen molar-refractivity contribution in [2.24, 2.45) is 0 Å². The highest BCUT2D eigenvalue weighted by molar-refractivity contribution is 8.06. The first-order chi connectivity index (χ1) is 17.2. The highest BCUT2D eigenvalue weighted by Crippen LogP contribution is 2.45. The van der Waals surface area contributed by atoms with Crippen molar-refractivity contribution in [2.45, 2.75) is 114 Å². The summed E-state index contributed by atoms with van der Waals surface area (Å²) in [6.45, 7) is 0. The summed E-state index contributed by atoms with van der Waals surface area (Å²) in [4.78, 5) is 26.7. The van der Waals surface area contributed by atoms with Gasteiger partial charge in [-0.05, 0) is 50.3 Å². The summed E-state index contributed by atoms with van der Waals surface area (Å²) in [6, 6.07) is 0.846. The molecule has 2 unspecified atom stereocenters. The molecule has 2 amide bonds. The van der Waals surface area contributed by atoms with Crippen LogP contribution in [-0.4, -0.2) is 46.0 Å². The lowest BCUT2D eigenvalue weighted by atomic mass is 9.89. The molecule has 11 heteroatoms. The molecule has 3 aliphatic heterocycles. The van der Waals surface area contributed by atoms with Crippen molar-refractivity contribution in [3.8, 4) is 0 Å². The Morgan fingerprint density at radius 2 is 1.03 bits per heavy atom. The van der Waals surface area contributed by atoms with Crippen LogP contribution >= 0.6 is 11.8 Å². The average Bonchev–Trinajstić information content (AvgIpc) is 3.47. The Balaban J connectivity index is 1.30. The van der Waals surface area contributed by atoms with E-state index >= 15 is 0 Å². The molecule has 0 bridgehead atoms. The van der Waals surface area contributed by atoms with Gasteiger partial charge < -0.3 is 10.6 Å². The van der Waals surface area contributed by atoms with Crippen LogP contribution in [0.3, 0.4) is 0 Å². The standard InChI is InChI=1S/C24H38N8O2S/c33-21(25-15-9-3-1-4-10-15)19-23-31(29-27-19)17-13-7-8-14-18(17)32-24(35-23)20(28-30-32)22(34)26-16-11-5-2-6-12-16/h15-18,27-30H,1-14H2,(H,25,33)(H,26,34). The lowest BCUT2D eigenvalue weighted by molar-refractivity contribution is -0.119. The first-order valence-electron chi connectivity index (χ1n) is 13.6. The third kappa shape index (κ3) is 4.58. The number of fused-ring (bicyclic) bond motifs is 5. The molecule has 3 saturated carbocycles. The maximum Gasteiger partial charge on any atom is 0.271 e. The number of nitrogens with zero attached hydrogens (tertiary/aromatic N) is 2. The van der Waals surface area contributed by atoms with Crippen LogP contribution in [0, 0.1) is 0 Å². The number of hydrogen-bond acceptors (Lipinski definition) is 9. The van der Waals surface area contributed by atoms with Crippen LogP contribution in [0.1, 0.15) is 89.9 Å². The smallest absolute Gasteiger partial charge is 0.271 e. The molecule has 6 N–H and O–H groups in total. The van der Waals surface area contributed by atoms with Gasteiger partial charge in [0.2, 0.25) is 0 Å². The van der Waals surface area contributed by atoms with Crippen LogP contribution in [0.25, 0.3) is 0 Å². The van der Waals surface area contributed by atoms with E-state index in [-0.39, 0.29) is 36.0 Å². The number of hydrazine groups is 4. The highest BCUT2D eigenvalue weighted by Gasteiger charge is 2.47. The van der Waals surface area contributed by atoms with Crippen LogP contribution in [0.15, 0.2) is 21.5 Å². The van der Waals surface area contributed by atoms with Gasteiger partial charge in [0.25, 0.3) is 11.8 Å². The van der Waals surface area contributed by atoms with Crippen LogP contribution in [-0.2, 0) is 9.59 Å². The normalized spacial score (nSPS) is 29.6. The lowest BCUT2D eigenvalue weighted by Crippen LogP contribution is -2.57. The Hall–Kier alpha value is -2.11. The predicted molar refractivity (Wildman–Crippen MR) is 134 cm³/mol. The maximum absolute atomic E-state index is 13.4. The summed E-state index contributed by atoms with van der Waals surface area (Å²) in [5.41, 5.74) is 14.1. The topological polar surface area (TPSA) is 113 Å². The molecule has 0 aromatic heterocycles. The van der Waals surface area contributed by atoms with Crippen LogP contribution < -0.4 is 32.6 Å². The second-order valence-corrected chi connectivity index (χ2v) is 11.7. The quantitative estimate of drug-likeness (QED) is 0.343.